The minimum Gasteiger partial charge on any atom is -0.481 e. The highest BCUT2D eigenvalue weighted by Gasteiger charge is 2.43. The summed E-state index contributed by atoms with van der Waals surface area (Å²) in [7, 11) is 0. The zero-order valence-corrected chi connectivity index (χ0v) is 17.2. The molecule has 2 aliphatic rings. The molecule has 0 spiro atoms. The Kier molecular flexibility index (Phi) is 5.50. The van der Waals surface area contributed by atoms with E-state index in [0.29, 0.717) is 15.7 Å². The van der Waals surface area contributed by atoms with Crippen LogP contribution in [0.4, 0.5) is 5.69 Å². The van der Waals surface area contributed by atoms with Gasteiger partial charge in [0, 0.05) is 29.9 Å². The zero-order chi connectivity index (χ0) is 19.9. The Morgan fingerprint density at radius 1 is 1.26 bits per heavy atom. The van der Waals surface area contributed by atoms with Crippen molar-refractivity contribution in [2.75, 3.05) is 11.4 Å². The van der Waals surface area contributed by atoms with Gasteiger partial charge in [0.15, 0.2) is 0 Å². The largest absolute Gasteiger partial charge is 0.481 e. The van der Waals surface area contributed by atoms with Gasteiger partial charge >= 0.3 is 5.97 Å². The lowest BCUT2D eigenvalue weighted by molar-refractivity contribution is -0.137. The van der Waals surface area contributed by atoms with E-state index in [9.17, 15) is 19.2 Å². The molecule has 0 radical (unpaired) electrons. The molecule has 0 bridgehead atoms. The minimum absolute atomic E-state index is 0.0875. The first kappa shape index (κ1) is 19.7. The number of thioether (sulfide) groups is 1. The van der Waals surface area contributed by atoms with E-state index in [1.54, 1.807) is 18.2 Å². The summed E-state index contributed by atoms with van der Waals surface area (Å²) in [5.74, 6) is -2.42. The van der Waals surface area contributed by atoms with E-state index in [4.69, 9.17) is 17.3 Å². The zero-order valence-electron chi connectivity index (χ0n) is 14.0. The fraction of sp³-hybridized carbons (Fsp3) is 0.235. The van der Waals surface area contributed by atoms with Crippen molar-refractivity contribution in [1.29, 1.82) is 0 Å². The molecular formula is C17H13BrN2O5S2. The summed E-state index contributed by atoms with van der Waals surface area (Å²) < 4.78 is 0.965. The van der Waals surface area contributed by atoms with Gasteiger partial charge in [0.25, 0.3) is 11.8 Å². The summed E-state index contributed by atoms with van der Waals surface area (Å²) in [6, 6.07) is 5.03. The Morgan fingerprint density at radius 2 is 1.96 bits per heavy atom. The number of hydrogen-bond donors (Lipinski definition) is 1. The van der Waals surface area contributed by atoms with Crippen LogP contribution < -0.4 is 4.90 Å². The average Bonchev–Trinajstić information content (AvgIpc) is 3.01. The monoisotopic (exact) mass is 468 g/mol. The molecule has 0 aliphatic carbocycles. The Bertz CT molecular complexity index is 943. The number of anilines is 1. The van der Waals surface area contributed by atoms with Crippen molar-refractivity contribution in [2.45, 2.75) is 19.8 Å². The van der Waals surface area contributed by atoms with Crippen LogP contribution in [0.5, 0.6) is 0 Å². The van der Waals surface area contributed by atoms with Gasteiger partial charge in [-0.15, -0.1) is 0 Å². The molecule has 1 fully saturated rings. The molecule has 1 aromatic rings. The first-order chi connectivity index (χ1) is 12.7. The molecular weight excluding hydrogens is 456 g/mol. The van der Waals surface area contributed by atoms with E-state index < -0.39 is 23.7 Å². The van der Waals surface area contributed by atoms with Crippen molar-refractivity contribution in [3.05, 3.63) is 33.1 Å². The van der Waals surface area contributed by atoms with Crippen LogP contribution in [-0.4, -0.2) is 44.6 Å². The van der Waals surface area contributed by atoms with E-state index >= 15 is 0 Å². The van der Waals surface area contributed by atoms with Gasteiger partial charge in [-0.2, -0.15) is 0 Å². The number of imide groups is 1. The summed E-state index contributed by atoms with van der Waals surface area (Å²) in [6.07, 6.45) is 0.163. The predicted octanol–water partition coefficient (Wildman–Crippen LogP) is 2.78. The maximum absolute atomic E-state index is 12.9. The van der Waals surface area contributed by atoms with Gasteiger partial charge in [-0.3, -0.25) is 24.1 Å². The molecule has 0 atom stereocenters. The highest BCUT2D eigenvalue weighted by molar-refractivity contribution is 9.10. The van der Waals surface area contributed by atoms with Gasteiger partial charge in [-0.1, -0.05) is 39.9 Å². The van der Waals surface area contributed by atoms with Gasteiger partial charge in [-0.25, -0.2) is 4.90 Å². The Labute approximate surface area is 172 Å². The van der Waals surface area contributed by atoms with Crippen LogP contribution in [0.15, 0.2) is 27.6 Å². The number of aliphatic carboxylic acids is 1. The fourth-order valence-corrected chi connectivity index (χ4v) is 4.64. The number of rotatable bonds is 4. The fourth-order valence-electron chi connectivity index (χ4n) is 2.90. The number of carbonyl (C=O) groups excluding carboxylic acids is 3. The van der Waals surface area contributed by atoms with Gasteiger partial charge in [0.05, 0.1) is 16.2 Å². The molecule has 1 aromatic carbocycles. The van der Waals surface area contributed by atoms with Crippen molar-refractivity contribution in [2.24, 2.45) is 0 Å². The summed E-state index contributed by atoms with van der Waals surface area (Å²) in [5, 5.41) is 8.76. The molecule has 0 unspecified atom stereocenters. The topological polar surface area (TPSA) is 95.0 Å². The maximum atomic E-state index is 12.9. The summed E-state index contributed by atoms with van der Waals surface area (Å²) >= 11 is 9.57. The molecule has 1 N–H and O–H groups in total. The second-order valence-electron chi connectivity index (χ2n) is 5.85. The number of carboxylic acids is 1. The SMILES string of the molecule is CC(=O)N1C(=O)C(=C2SC(=S)N(CCCC(=O)O)C2=O)c2cc(Br)ccc21. The number of carbonyl (C=O) groups is 4. The van der Waals surface area contributed by atoms with Crippen LogP contribution >= 0.6 is 39.9 Å². The van der Waals surface area contributed by atoms with Crippen LogP contribution in [0.2, 0.25) is 0 Å². The molecule has 27 heavy (non-hydrogen) atoms. The average molecular weight is 469 g/mol. The standard InChI is InChI=1S/C17H13BrN2O5S2/c1-8(21)20-11-5-4-9(18)7-10(11)13(15(20)24)14-16(25)19(17(26)27-14)6-2-3-12(22)23/h4-5,7H,2-3,6H2,1H3,(H,22,23). The van der Waals surface area contributed by atoms with Gasteiger partial charge in [0.1, 0.15) is 4.32 Å². The third kappa shape index (κ3) is 3.56. The number of fused-ring (bicyclic) bond motifs is 1. The van der Waals surface area contributed by atoms with Crippen molar-refractivity contribution in [3.63, 3.8) is 0 Å². The van der Waals surface area contributed by atoms with Crippen molar-refractivity contribution < 1.29 is 24.3 Å². The second kappa shape index (κ2) is 7.53. The van der Waals surface area contributed by atoms with E-state index in [1.807, 2.05) is 0 Å². The molecule has 0 aromatic heterocycles. The van der Waals surface area contributed by atoms with E-state index in [1.165, 1.54) is 11.8 Å². The second-order valence-corrected chi connectivity index (χ2v) is 8.41. The number of nitrogens with zero attached hydrogens (tertiary/aromatic N) is 2. The van der Waals surface area contributed by atoms with Crippen LogP contribution in [0.1, 0.15) is 25.3 Å². The third-order valence-corrected chi connectivity index (χ3v) is 5.99. The lowest BCUT2D eigenvalue weighted by Crippen LogP contribution is -2.32. The van der Waals surface area contributed by atoms with Crippen molar-refractivity contribution in [3.8, 4) is 0 Å². The summed E-state index contributed by atoms with van der Waals surface area (Å²) in [4.78, 5) is 50.9. The normalized spacial score (nSPS) is 19.1. The highest BCUT2D eigenvalue weighted by atomic mass is 79.9. The molecule has 3 rings (SSSR count). The van der Waals surface area contributed by atoms with Crippen LogP contribution in [0.25, 0.3) is 5.57 Å². The predicted molar refractivity (Wildman–Crippen MR) is 108 cm³/mol. The first-order valence-electron chi connectivity index (χ1n) is 7.87. The smallest absolute Gasteiger partial charge is 0.303 e. The molecule has 7 nitrogen and oxygen atoms in total. The molecule has 3 amide bonds. The van der Waals surface area contributed by atoms with Gasteiger partial charge in [-0.05, 0) is 24.6 Å². The number of carboxylic acid groups (broad SMARTS) is 1. The summed E-state index contributed by atoms with van der Waals surface area (Å²) in [5.41, 5.74) is 1.04. The van der Waals surface area contributed by atoms with E-state index in [-0.39, 0.29) is 34.2 Å². The number of halogens is 1. The number of thiocarbonyl (C=S) groups is 1. The van der Waals surface area contributed by atoms with Crippen LogP contribution in [0.3, 0.4) is 0 Å². The number of amides is 3. The van der Waals surface area contributed by atoms with Crippen molar-refractivity contribution in [1.82, 2.24) is 4.90 Å². The highest BCUT2D eigenvalue weighted by Crippen LogP contribution is 2.45. The van der Waals surface area contributed by atoms with Gasteiger partial charge < -0.3 is 5.11 Å². The lowest BCUT2D eigenvalue weighted by atomic mass is 10.1. The Morgan fingerprint density at radius 3 is 2.59 bits per heavy atom. The molecule has 2 aliphatic heterocycles. The van der Waals surface area contributed by atoms with Crippen LogP contribution in [0, 0.1) is 0 Å². The van der Waals surface area contributed by atoms with Crippen LogP contribution in [-0.2, 0) is 19.2 Å². The van der Waals surface area contributed by atoms with E-state index in [2.05, 4.69) is 15.9 Å². The number of hydrogen-bond acceptors (Lipinski definition) is 6. The van der Waals surface area contributed by atoms with Gasteiger partial charge in [0.2, 0.25) is 5.91 Å². The first-order valence-corrected chi connectivity index (χ1v) is 9.89. The quantitative estimate of drug-likeness (QED) is 0.535. The maximum Gasteiger partial charge on any atom is 0.303 e. The molecule has 1 saturated heterocycles. The van der Waals surface area contributed by atoms with E-state index in [0.717, 1.165) is 16.7 Å². The molecule has 10 heteroatoms. The summed E-state index contributed by atoms with van der Waals surface area (Å²) in [6.45, 7) is 1.44. The minimum atomic E-state index is -0.958. The molecule has 2 heterocycles. The Hall–Kier alpha value is -2.04. The Balaban J connectivity index is 2.03. The number of benzene rings is 1. The lowest BCUT2D eigenvalue weighted by Gasteiger charge is -2.13. The third-order valence-electron chi connectivity index (χ3n) is 4.05. The van der Waals surface area contributed by atoms with Crippen molar-refractivity contribution >= 4 is 79.2 Å². The molecule has 0 saturated carbocycles. The molecule has 140 valence electrons.